The fraction of sp³-hybridized carbons (Fsp3) is 0.381. The SMILES string of the molecule is CCNC(=NCc1ccccc1NS(C)(=O)=O)NCC(C)c1cccc(C)c1. The predicted octanol–water partition coefficient (Wildman–Crippen LogP) is 3.23. The molecule has 0 aliphatic heterocycles. The van der Waals surface area contributed by atoms with Crippen molar-refractivity contribution in [1.82, 2.24) is 10.6 Å². The molecule has 2 rings (SSSR count). The van der Waals surface area contributed by atoms with E-state index in [0.717, 1.165) is 24.9 Å². The van der Waals surface area contributed by atoms with Crippen molar-refractivity contribution < 1.29 is 8.42 Å². The van der Waals surface area contributed by atoms with E-state index in [-0.39, 0.29) is 0 Å². The first-order chi connectivity index (χ1) is 13.3. The summed E-state index contributed by atoms with van der Waals surface area (Å²) in [5, 5.41) is 6.62. The minimum Gasteiger partial charge on any atom is -0.357 e. The third-order valence-electron chi connectivity index (χ3n) is 4.25. The zero-order valence-electron chi connectivity index (χ0n) is 17.0. The summed E-state index contributed by atoms with van der Waals surface area (Å²) in [5.74, 6) is 1.04. The highest BCUT2D eigenvalue weighted by Crippen LogP contribution is 2.18. The number of sulfonamides is 1. The van der Waals surface area contributed by atoms with Gasteiger partial charge in [-0.15, -0.1) is 0 Å². The van der Waals surface area contributed by atoms with Crippen molar-refractivity contribution in [3.05, 3.63) is 65.2 Å². The van der Waals surface area contributed by atoms with Gasteiger partial charge in [0.1, 0.15) is 0 Å². The van der Waals surface area contributed by atoms with Crippen molar-refractivity contribution >= 4 is 21.7 Å². The van der Waals surface area contributed by atoms with Crippen LogP contribution in [-0.4, -0.2) is 33.7 Å². The molecular weight excluding hydrogens is 372 g/mol. The highest BCUT2D eigenvalue weighted by Gasteiger charge is 2.09. The minimum atomic E-state index is -3.33. The van der Waals surface area contributed by atoms with E-state index >= 15 is 0 Å². The summed E-state index contributed by atoms with van der Waals surface area (Å²) in [6.45, 7) is 8.15. The third-order valence-corrected chi connectivity index (χ3v) is 4.84. The Kier molecular flexibility index (Phi) is 7.87. The van der Waals surface area contributed by atoms with Crippen LogP contribution in [0.4, 0.5) is 5.69 Å². The van der Waals surface area contributed by atoms with Gasteiger partial charge in [-0.1, -0.05) is 55.0 Å². The van der Waals surface area contributed by atoms with Crippen LogP contribution in [0.5, 0.6) is 0 Å². The van der Waals surface area contributed by atoms with Crippen LogP contribution < -0.4 is 15.4 Å². The molecule has 2 aromatic carbocycles. The number of rotatable bonds is 8. The highest BCUT2D eigenvalue weighted by molar-refractivity contribution is 7.92. The van der Waals surface area contributed by atoms with Gasteiger partial charge in [0.15, 0.2) is 5.96 Å². The molecule has 0 aliphatic carbocycles. The zero-order chi connectivity index (χ0) is 20.6. The van der Waals surface area contributed by atoms with Gasteiger partial charge in [0.2, 0.25) is 10.0 Å². The lowest BCUT2D eigenvalue weighted by atomic mass is 9.99. The normalized spacial score (nSPS) is 13.1. The third kappa shape index (κ3) is 7.23. The molecule has 0 amide bonds. The molecule has 1 atom stereocenters. The number of hydrogen-bond acceptors (Lipinski definition) is 3. The summed E-state index contributed by atoms with van der Waals surface area (Å²) in [5.41, 5.74) is 3.90. The van der Waals surface area contributed by atoms with Crippen molar-refractivity contribution in [1.29, 1.82) is 0 Å². The van der Waals surface area contributed by atoms with Crippen LogP contribution in [0.1, 0.15) is 36.5 Å². The second-order valence-corrected chi connectivity index (χ2v) is 8.67. The van der Waals surface area contributed by atoms with Gasteiger partial charge in [0.05, 0.1) is 18.5 Å². The van der Waals surface area contributed by atoms with E-state index in [1.807, 2.05) is 19.1 Å². The average molecular weight is 403 g/mol. The molecule has 0 spiro atoms. The van der Waals surface area contributed by atoms with Crippen LogP contribution in [0.2, 0.25) is 0 Å². The molecular formula is C21H30N4O2S. The Bertz CT molecular complexity index is 910. The summed E-state index contributed by atoms with van der Waals surface area (Å²) < 4.78 is 25.7. The van der Waals surface area contributed by atoms with Gasteiger partial charge in [-0.3, -0.25) is 4.72 Å². The molecule has 0 aromatic heterocycles. The minimum absolute atomic E-state index is 0.336. The number of benzene rings is 2. The van der Waals surface area contributed by atoms with Gasteiger partial charge in [-0.25, -0.2) is 13.4 Å². The van der Waals surface area contributed by atoms with Gasteiger partial charge in [0, 0.05) is 13.1 Å². The molecule has 1 unspecified atom stereocenters. The molecule has 0 fully saturated rings. The van der Waals surface area contributed by atoms with Gasteiger partial charge in [-0.2, -0.15) is 0 Å². The Hall–Kier alpha value is -2.54. The molecule has 0 bridgehead atoms. The summed E-state index contributed by atoms with van der Waals surface area (Å²) >= 11 is 0. The van der Waals surface area contributed by atoms with Gasteiger partial charge in [0.25, 0.3) is 0 Å². The van der Waals surface area contributed by atoms with E-state index in [2.05, 4.69) is 58.5 Å². The first-order valence-corrected chi connectivity index (χ1v) is 11.3. The Balaban J connectivity index is 2.06. The van der Waals surface area contributed by atoms with Gasteiger partial charge >= 0.3 is 0 Å². The summed E-state index contributed by atoms with van der Waals surface area (Å²) in [6.07, 6.45) is 1.14. The smallest absolute Gasteiger partial charge is 0.229 e. The quantitative estimate of drug-likeness (QED) is 0.468. The van der Waals surface area contributed by atoms with E-state index in [4.69, 9.17) is 0 Å². The lowest BCUT2D eigenvalue weighted by Gasteiger charge is -2.17. The fourth-order valence-corrected chi connectivity index (χ4v) is 3.41. The lowest BCUT2D eigenvalue weighted by molar-refractivity contribution is 0.606. The van der Waals surface area contributed by atoms with Crippen LogP contribution in [0, 0.1) is 6.92 Å². The van der Waals surface area contributed by atoms with Crippen LogP contribution in [0.3, 0.4) is 0 Å². The molecule has 7 heteroatoms. The maximum Gasteiger partial charge on any atom is 0.229 e. The van der Waals surface area contributed by atoms with Gasteiger partial charge in [-0.05, 0) is 37.0 Å². The van der Waals surface area contributed by atoms with E-state index in [1.165, 1.54) is 11.1 Å². The predicted molar refractivity (Wildman–Crippen MR) is 117 cm³/mol. The molecule has 3 N–H and O–H groups in total. The number of aryl methyl sites for hydroxylation is 1. The van der Waals surface area contributed by atoms with E-state index in [0.29, 0.717) is 24.1 Å². The number of nitrogens with one attached hydrogen (secondary N) is 3. The lowest BCUT2D eigenvalue weighted by Crippen LogP contribution is -2.39. The number of nitrogens with zero attached hydrogens (tertiary/aromatic N) is 1. The Morgan fingerprint density at radius 1 is 1.11 bits per heavy atom. The van der Waals surface area contributed by atoms with E-state index in [9.17, 15) is 8.42 Å². The van der Waals surface area contributed by atoms with Crippen molar-refractivity contribution in [3.63, 3.8) is 0 Å². The topological polar surface area (TPSA) is 82.6 Å². The van der Waals surface area contributed by atoms with Crippen LogP contribution >= 0.6 is 0 Å². The van der Waals surface area contributed by atoms with Crippen molar-refractivity contribution in [3.8, 4) is 0 Å². The molecule has 152 valence electrons. The monoisotopic (exact) mass is 402 g/mol. The number of anilines is 1. The molecule has 6 nitrogen and oxygen atoms in total. The Morgan fingerprint density at radius 3 is 2.54 bits per heavy atom. The first kappa shape index (κ1) is 21.8. The van der Waals surface area contributed by atoms with Crippen molar-refractivity contribution in [2.45, 2.75) is 33.2 Å². The second-order valence-electron chi connectivity index (χ2n) is 6.92. The van der Waals surface area contributed by atoms with Crippen molar-refractivity contribution in [2.75, 3.05) is 24.1 Å². The first-order valence-electron chi connectivity index (χ1n) is 9.43. The van der Waals surface area contributed by atoms with Gasteiger partial charge < -0.3 is 10.6 Å². The summed E-state index contributed by atoms with van der Waals surface area (Å²) in [6, 6.07) is 15.8. The molecule has 28 heavy (non-hydrogen) atoms. The standard InChI is InChI=1S/C21H30N4O2S/c1-5-22-21(23-14-17(3)18-11-8-9-16(2)13-18)24-15-19-10-6-7-12-20(19)25-28(4,26)27/h6-13,17,25H,5,14-15H2,1-4H3,(H2,22,23,24). The van der Waals surface area contributed by atoms with Crippen LogP contribution in [-0.2, 0) is 16.6 Å². The second kappa shape index (κ2) is 10.1. The largest absolute Gasteiger partial charge is 0.357 e. The Morgan fingerprint density at radius 2 is 1.86 bits per heavy atom. The molecule has 0 aliphatic rings. The maximum atomic E-state index is 11.6. The molecule has 2 aromatic rings. The Labute approximate surface area is 168 Å². The molecule has 0 saturated heterocycles. The highest BCUT2D eigenvalue weighted by atomic mass is 32.2. The average Bonchev–Trinajstić information content (AvgIpc) is 2.63. The van der Waals surface area contributed by atoms with Crippen LogP contribution in [0.25, 0.3) is 0 Å². The summed E-state index contributed by atoms with van der Waals surface area (Å²) in [7, 11) is -3.33. The van der Waals surface area contributed by atoms with Crippen LogP contribution in [0.15, 0.2) is 53.5 Å². The fourth-order valence-electron chi connectivity index (χ4n) is 2.81. The van der Waals surface area contributed by atoms with Crippen molar-refractivity contribution in [2.24, 2.45) is 4.99 Å². The number of guanidine groups is 1. The number of para-hydroxylation sites is 1. The van der Waals surface area contributed by atoms with E-state index < -0.39 is 10.0 Å². The molecule has 0 saturated carbocycles. The number of hydrogen-bond donors (Lipinski definition) is 3. The maximum absolute atomic E-state index is 11.6. The zero-order valence-corrected chi connectivity index (χ0v) is 17.8. The number of aliphatic imine (C=N–C) groups is 1. The molecule has 0 heterocycles. The summed E-state index contributed by atoms with van der Waals surface area (Å²) in [4.78, 5) is 4.62. The molecule has 0 radical (unpaired) electrons. The van der Waals surface area contributed by atoms with E-state index in [1.54, 1.807) is 12.1 Å².